The van der Waals surface area contributed by atoms with Gasteiger partial charge in [-0.2, -0.15) is 0 Å². The van der Waals surface area contributed by atoms with Crippen molar-refractivity contribution in [2.45, 2.75) is 64.7 Å². The van der Waals surface area contributed by atoms with Crippen molar-refractivity contribution in [3.63, 3.8) is 0 Å². The van der Waals surface area contributed by atoms with Gasteiger partial charge < -0.3 is 10.0 Å². The third kappa shape index (κ3) is 6.60. The zero-order valence-corrected chi connectivity index (χ0v) is 12.1. The van der Waals surface area contributed by atoms with Crippen molar-refractivity contribution in [1.29, 1.82) is 0 Å². The highest BCUT2D eigenvalue weighted by molar-refractivity contribution is 5.76. The average Bonchev–Trinajstić information content (AvgIpc) is 2.84. The van der Waals surface area contributed by atoms with Gasteiger partial charge in [-0.25, -0.2) is 0 Å². The van der Waals surface area contributed by atoms with Crippen LogP contribution in [0.15, 0.2) is 0 Å². The maximum atomic E-state index is 12.0. The lowest BCUT2D eigenvalue weighted by atomic mass is 10.0. The lowest BCUT2D eigenvalue weighted by Crippen LogP contribution is -2.28. The summed E-state index contributed by atoms with van der Waals surface area (Å²) in [6.45, 7) is 3.77. The van der Waals surface area contributed by atoms with Gasteiger partial charge in [-0.15, -0.1) is 0 Å². The van der Waals surface area contributed by atoms with E-state index in [1.807, 2.05) is 4.90 Å². The van der Waals surface area contributed by atoms with E-state index in [1.165, 1.54) is 19.3 Å². The second-order valence-corrected chi connectivity index (χ2v) is 5.59. The number of carboxylic acids is 1. The number of amides is 1. The molecular weight excluding hydrogens is 242 g/mol. The summed E-state index contributed by atoms with van der Waals surface area (Å²) >= 11 is 0. The Bertz CT molecular complexity index is 291. The van der Waals surface area contributed by atoms with Crippen LogP contribution in [-0.2, 0) is 9.59 Å². The third-order valence-corrected chi connectivity index (χ3v) is 3.90. The molecule has 0 bridgehead atoms. The number of likely N-dealkylation sites (tertiary alicyclic amines) is 1. The molecule has 1 aliphatic rings. The van der Waals surface area contributed by atoms with Gasteiger partial charge in [0.15, 0.2) is 0 Å². The zero-order chi connectivity index (χ0) is 14.1. The summed E-state index contributed by atoms with van der Waals surface area (Å²) in [5, 5.41) is 8.66. The van der Waals surface area contributed by atoms with Crippen LogP contribution in [0.5, 0.6) is 0 Å². The van der Waals surface area contributed by atoms with E-state index in [0.717, 1.165) is 32.4 Å². The highest BCUT2D eigenvalue weighted by atomic mass is 16.4. The van der Waals surface area contributed by atoms with Crippen molar-refractivity contribution in [2.75, 3.05) is 13.1 Å². The molecule has 19 heavy (non-hydrogen) atoms. The Balaban J connectivity index is 2.11. The predicted molar refractivity (Wildman–Crippen MR) is 74.9 cm³/mol. The van der Waals surface area contributed by atoms with Crippen molar-refractivity contribution >= 4 is 11.9 Å². The number of hydrogen-bond acceptors (Lipinski definition) is 2. The minimum atomic E-state index is -0.735. The molecule has 1 unspecified atom stereocenters. The Morgan fingerprint density at radius 3 is 2.58 bits per heavy atom. The van der Waals surface area contributed by atoms with Crippen molar-refractivity contribution in [1.82, 2.24) is 4.90 Å². The molecule has 1 N–H and O–H groups in total. The van der Waals surface area contributed by atoms with E-state index in [1.54, 1.807) is 0 Å². The first-order valence-corrected chi connectivity index (χ1v) is 7.63. The van der Waals surface area contributed by atoms with E-state index in [4.69, 9.17) is 5.11 Å². The highest BCUT2D eigenvalue weighted by Crippen LogP contribution is 2.22. The molecule has 0 aromatic rings. The highest BCUT2D eigenvalue weighted by Gasteiger charge is 2.25. The predicted octanol–water partition coefficient (Wildman–Crippen LogP) is 3.06. The molecule has 1 fully saturated rings. The number of unbranched alkanes of at least 4 members (excludes halogenated alkanes) is 4. The number of nitrogens with zero attached hydrogens (tertiary/aromatic N) is 1. The normalized spacial score (nSPS) is 18.8. The summed E-state index contributed by atoms with van der Waals surface area (Å²) in [4.78, 5) is 24.4. The van der Waals surface area contributed by atoms with Crippen molar-refractivity contribution in [2.24, 2.45) is 5.92 Å². The van der Waals surface area contributed by atoms with Crippen LogP contribution in [0.3, 0.4) is 0 Å². The molecule has 0 aromatic carbocycles. The summed E-state index contributed by atoms with van der Waals surface area (Å²) in [6, 6.07) is 0. The van der Waals surface area contributed by atoms with Crippen LogP contribution < -0.4 is 0 Å². The van der Waals surface area contributed by atoms with Gasteiger partial charge in [0.05, 0.1) is 0 Å². The van der Waals surface area contributed by atoms with E-state index in [-0.39, 0.29) is 12.3 Å². The largest absolute Gasteiger partial charge is 0.481 e. The molecule has 1 saturated heterocycles. The topological polar surface area (TPSA) is 57.6 Å². The molecule has 1 rings (SSSR count). The summed E-state index contributed by atoms with van der Waals surface area (Å²) in [5.41, 5.74) is 0. The molecular formula is C15H27NO3. The standard InChI is InChI=1S/C15H27NO3/c1-2-3-4-5-6-7-14(17)16-11-10-13(12-16)8-9-15(18)19/h13H,2-12H2,1H3,(H,18,19). The molecule has 4 nitrogen and oxygen atoms in total. The second kappa shape index (κ2) is 8.94. The molecule has 0 radical (unpaired) electrons. The maximum Gasteiger partial charge on any atom is 0.303 e. The molecule has 0 aromatic heterocycles. The van der Waals surface area contributed by atoms with Crippen molar-refractivity contribution < 1.29 is 14.7 Å². The van der Waals surface area contributed by atoms with E-state index >= 15 is 0 Å². The Morgan fingerprint density at radius 2 is 1.89 bits per heavy atom. The van der Waals surface area contributed by atoms with Gasteiger partial charge in [-0.1, -0.05) is 32.6 Å². The fourth-order valence-electron chi connectivity index (χ4n) is 2.66. The monoisotopic (exact) mass is 269 g/mol. The molecule has 0 saturated carbocycles. The Morgan fingerprint density at radius 1 is 1.16 bits per heavy atom. The van der Waals surface area contributed by atoms with Crippen molar-refractivity contribution in [3.8, 4) is 0 Å². The van der Waals surface area contributed by atoms with Crippen molar-refractivity contribution in [3.05, 3.63) is 0 Å². The van der Waals surface area contributed by atoms with Crippen LogP contribution in [0.1, 0.15) is 64.7 Å². The fraction of sp³-hybridized carbons (Fsp3) is 0.867. The molecule has 0 aliphatic carbocycles. The Labute approximate surface area is 116 Å². The summed E-state index contributed by atoms with van der Waals surface area (Å²) in [5.74, 6) is -0.0878. The lowest BCUT2D eigenvalue weighted by molar-refractivity contribution is -0.137. The number of rotatable bonds is 9. The first-order valence-electron chi connectivity index (χ1n) is 7.63. The van der Waals surface area contributed by atoms with Gasteiger partial charge in [0.25, 0.3) is 0 Å². The van der Waals surface area contributed by atoms with E-state index in [0.29, 0.717) is 18.8 Å². The number of carbonyl (C=O) groups is 2. The number of carbonyl (C=O) groups excluding carboxylic acids is 1. The SMILES string of the molecule is CCCCCCCC(=O)N1CCC(CCC(=O)O)C1. The molecule has 1 atom stereocenters. The number of hydrogen-bond donors (Lipinski definition) is 1. The molecule has 1 amide bonds. The van der Waals surface area contributed by atoms with Gasteiger partial charge in [-0.3, -0.25) is 9.59 Å². The first kappa shape index (κ1) is 16.0. The van der Waals surface area contributed by atoms with E-state index in [2.05, 4.69) is 6.92 Å². The molecule has 4 heteroatoms. The maximum absolute atomic E-state index is 12.0. The minimum absolute atomic E-state index is 0.226. The van der Waals surface area contributed by atoms with Crippen LogP contribution >= 0.6 is 0 Å². The van der Waals surface area contributed by atoms with Crippen LogP contribution in [0.2, 0.25) is 0 Å². The quantitative estimate of drug-likeness (QED) is 0.654. The van der Waals surface area contributed by atoms with Gasteiger partial charge in [0.2, 0.25) is 5.91 Å². The van der Waals surface area contributed by atoms with Crippen LogP contribution in [0.25, 0.3) is 0 Å². The fourth-order valence-corrected chi connectivity index (χ4v) is 2.66. The third-order valence-electron chi connectivity index (χ3n) is 3.90. The zero-order valence-electron chi connectivity index (χ0n) is 12.1. The van der Waals surface area contributed by atoms with Gasteiger partial charge in [-0.05, 0) is 25.2 Å². The minimum Gasteiger partial charge on any atom is -0.481 e. The number of aliphatic carboxylic acids is 1. The van der Waals surface area contributed by atoms with Crippen LogP contribution in [0, 0.1) is 5.92 Å². The molecule has 110 valence electrons. The van der Waals surface area contributed by atoms with E-state index in [9.17, 15) is 9.59 Å². The van der Waals surface area contributed by atoms with Gasteiger partial charge in [0.1, 0.15) is 0 Å². The second-order valence-electron chi connectivity index (χ2n) is 5.59. The molecule has 1 heterocycles. The van der Waals surface area contributed by atoms with Gasteiger partial charge in [0, 0.05) is 25.9 Å². The average molecular weight is 269 g/mol. The first-order chi connectivity index (χ1) is 9.13. The molecule has 0 spiro atoms. The summed E-state index contributed by atoms with van der Waals surface area (Å²) < 4.78 is 0. The van der Waals surface area contributed by atoms with Crippen LogP contribution in [0.4, 0.5) is 0 Å². The van der Waals surface area contributed by atoms with Crippen LogP contribution in [-0.4, -0.2) is 35.0 Å². The Hall–Kier alpha value is -1.06. The summed E-state index contributed by atoms with van der Waals surface area (Å²) in [7, 11) is 0. The molecule has 1 aliphatic heterocycles. The lowest BCUT2D eigenvalue weighted by Gasteiger charge is -2.16. The van der Waals surface area contributed by atoms with Gasteiger partial charge >= 0.3 is 5.97 Å². The Kier molecular flexibility index (Phi) is 7.53. The number of carboxylic acid groups (broad SMARTS) is 1. The van der Waals surface area contributed by atoms with E-state index < -0.39 is 5.97 Å². The smallest absolute Gasteiger partial charge is 0.303 e. The summed E-state index contributed by atoms with van der Waals surface area (Å²) in [6.07, 6.45) is 8.42.